The van der Waals surface area contributed by atoms with E-state index < -0.39 is 27.3 Å². The molecule has 3 aromatic rings. The summed E-state index contributed by atoms with van der Waals surface area (Å²) < 4.78 is 0. The number of aryl methyl sites for hydroxylation is 2. The van der Waals surface area contributed by atoms with Crippen LogP contribution in [0.15, 0.2) is 54.6 Å². The molecule has 0 aliphatic heterocycles. The molecule has 2 amide bonds. The summed E-state index contributed by atoms with van der Waals surface area (Å²) in [4.78, 5) is 49.0. The zero-order valence-electron chi connectivity index (χ0n) is 20.6. The molecule has 186 valence electrons. The molecule has 0 bridgehead atoms. The fourth-order valence-electron chi connectivity index (χ4n) is 3.94. The Hall–Kier alpha value is -4.60. The van der Waals surface area contributed by atoms with E-state index in [0.29, 0.717) is 11.6 Å². The maximum atomic E-state index is 13.2. The van der Waals surface area contributed by atoms with Crippen molar-refractivity contribution >= 4 is 34.6 Å². The van der Waals surface area contributed by atoms with Crippen LogP contribution >= 0.6 is 0 Å². The Morgan fingerprint density at radius 1 is 0.917 bits per heavy atom. The van der Waals surface area contributed by atoms with Gasteiger partial charge in [-0.2, -0.15) is 0 Å². The number of benzene rings is 3. The van der Waals surface area contributed by atoms with Gasteiger partial charge in [0.25, 0.3) is 17.5 Å². The highest BCUT2D eigenvalue weighted by molar-refractivity contribution is 6.12. The van der Waals surface area contributed by atoms with E-state index in [-0.39, 0.29) is 22.5 Å². The summed E-state index contributed by atoms with van der Waals surface area (Å²) in [6.07, 6.45) is 0. The molecule has 0 unspecified atom stereocenters. The van der Waals surface area contributed by atoms with Gasteiger partial charge in [0.05, 0.1) is 9.85 Å². The first-order valence-corrected chi connectivity index (χ1v) is 11.1. The van der Waals surface area contributed by atoms with Gasteiger partial charge >= 0.3 is 5.69 Å². The van der Waals surface area contributed by atoms with Crippen LogP contribution in [0.2, 0.25) is 0 Å². The van der Waals surface area contributed by atoms with Gasteiger partial charge in [0, 0.05) is 30.4 Å². The number of para-hydroxylation sites is 1. The van der Waals surface area contributed by atoms with E-state index in [1.54, 1.807) is 0 Å². The molecule has 0 aromatic heterocycles. The van der Waals surface area contributed by atoms with Crippen LogP contribution in [0.25, 0.3) is 0 Å². The van der Waals surface area contributed by atoms with Crippen molar-refractivity contribution in [2.75, 3.05) is 17.3 Å². The van der Waals surface area contributed by atoms with E-state index in [1.807, 2.05) is 26.0 Å². The van der Waals surface area contributed by atoms with Crippen LogP contribution in [0.1, 0.15) is 57.2 Å². The Bertz CT molecular complexity index is 1360. The molecule has 3 rings (SSSR count). The number of nitro benzene ring substituents is 2. The first-order chi connectivity index (χ1) is 16.9. The van der Waals surface area contributed by atoms with Crippen LogP contribution in [0.5, 0.6) is 0 Å². The molecule has 0 atom stereocenters. The molecule has 0 saturated carbocycles. The number of hydrogen-bond acceptors (Lipinski definition) is 6. The number of anilines is 2. The molecule has 1 N–H and O–H groups in total. The van der Waals surface area contributed by atoms with Crippen LogP contribution in [-0.2, 0) is 0 Å². The van der Waals surface area contributed by atoms with E-state index in [9.17, 15) is 29.8 Å². The molecule has 0 saturated heterocycles. The first kappa shape index (κ1) is 26.0. The van der Waals surface area contributed by atoms with E-state index in [0.717, 1.165) is 27.7 Å². The highest BCUT2D eigenvalue weighted by atomic mass is 16.6. The standard InChI is InChI=1S/C26H26N4O6/c1-15(2)19-12-16(3)23(17(4)13-19)27-25(31)21-10-7-11-22(24(21)30(35)36)28(5)26(32)18-8-6-9-20(14-18)29(33)34/h6-15H,1-5H3,(H,27,31). The van der Waals surface area contributed by atoms with Crippen LogP contribution in [-0.4, -0.2) is 28.7 Å². The summed E-state index contributed by atoms with van der Waals surface area (Å²) >= 11 is 0. The normalized spacial score (nSPS) is 10.7. The minimum absolute atomic E-state index is 0.0210. The molecule has 0 aliphatic carbocycles. The first-order valence-electron chi connectivity index (χ1n) is 11.1. The lowest BCUT2D eigenvalue weighted by Gasteiger charge is -2.19. The molecule has 0 fully saturated rings. The van der Waals surface area contributed by atoms with Gasteiger partial charge in [0.2, 0.25) is 0 Å². The van der Waals surface area contributed by atoms with Crippen molar-refractivity contribution in [2.45, 2.75) is 33.6 Å². The van der Waals surface area contributed by atoms with Crippen LogP contribution < -0.4 is 10.2 Å². The highest BCUT2D eigenvalue weighted by Gasteiger charge is 2.29. The predicted octanol–water partition coefficient (Wildman–Crippen LogP) is 5.77. The summed E-state index contributed by atoms with van der Waals surface area (Å²) in [6.45, 7) is 7.83. The Morgan fingerprint density at radius 3 is 2.08 bits per heavy atom. The van der Waals surface area contributed by atoms with Gasteiger partial charge in [-0.3, -0.25) is 29.8 Å². The van der Waals surface area contributed by atoms with E-state index in [2.05, 4.69) is 19.2 Å². The average molecular weight is 491 g/mol. The Morgan fingerprint density at radius 2 is 1.53 bits per heavy atom. The molecule has 10 heteroatoms. The van der Waals surface area contributed by atoms with Crippen molar-refractivity contribution in [3.05, 3.63) is 103 Å². The molecule has 0 heterocycles. The smallest absolute Gasteiger partial charge is 0.305 e. The fraction of sp³-hybridized carbons (Fsp3) is 0.231. The van der Waals surface area contributed by atoms with Gasteiger partial charge in [-0.15, -0.1) is 0 Å². The third kappa shape index (κ3) is 5.22. The molecule has 10 nitrogen and oxygen atoms in total. The third-order valence-corrected chi connectivity index (χ3v) is 5.87. The SMILES string of the molecule is Cc1cc(C(C)C)cc(C)c1NC(=O)c1cccc(N(C)C(=O)c2cccc([N+](=O)[O-])c2)c1[N+](=O)[O-]. The van der Waals surface area contributed by atoms with Crippen molar-refractivity contribution in [1.82, 2.24) is 0 Å². The lowest BCUT2D eigenvalue weighted by atomic mass is 9.96. The van der Waals surface area contributed by atoms with E-state index in [4.69, 9.17) is 0 Å². The van der Waals surface area contributed by atoms with Gasteiger partial charge < -0.3 is 10.2 Å². The van der Waals surface area contributed by atoms with E-state index >= 15 is 0 Å². The second kappa shape index (κ2) is 10.3. The topological polar surface area (TPSA) is 136 Å². The van der Waals surface area contributed by atoms with Crippen LogP contribution in [0.3, 0.4) is 0 Å². The molecule has 0 aliphatic rings. The zero-order valence-corrected chi connectivity index (χ0v) is 20.6. The Kier molecular flexibility index (Phi) is 7.47. The maximum Gasteiger partial charge on any atom is 0.305 e. The van der Waals surface area contributed by atoms with Gasteiger partial charge in [-0.05, 0) is 54.7 Å². The van der Waals surface area contributed by atoms with Gasteiger partial charge in [0.1, 0.15) is 11.3 Å². The van der Waals surface area contributed by atoms with Crippen molar-refractivity contribution < 1.29 is 19.4 Å². The summed E-state index contributed by atoms with van der Waals surface area (Å²) in [7, 11) is 1.31. The number of nitrogens with zero attached hydrogens (tertiary/aromatic N) is 3. The third-order valence-electron chi connectivity index (χ3n) is 5.87. The van der Waals surface area contributed by atoms with Crippen LogP contribution in [0, 0.1) is 34.1 Å². The van der Waals surface area contributed by atoms with Crippen molar-refractivity contribution in [3.8, 4) is 0 Å². The second-order valence-corrected chi connectivity index (χ2v) is 8.74. The van der Waals surface area contributed by atoms with E-state index in [1.165, 1.54) is 43.4 Å². The van der Waals surface area contributed by atoms with Crippen molar-refractivity contribution in [3.63, 3.8) is 0 Å². The molecule has 36 heavy (non-hydrogen) atoms. The minimum Gasteiger partial charge on any atom is -0.321 e. The average Bonchev–Trinajstić information content (AvgIpc) is 2.84. The molecular weight excluding hydrogens is 464 g/mol. The quantitative estimate of drug-likeness (QED) is 0.330. The van der Waals surface area contributed by atoms with Gasteiger partial charge in [0.15, 0.2) is 0 Å². The number of amides is 2. The molecule has 0 spiro atoms. The van der Waals surface area contributed by atoms with Gasteiger partial charge in [-0.1, -0.05) is 38.1 Å². The Labute approximate surface area is 207 Å². The molecule has 3 aromatic carbocycles. The lowest BCUT2D eigenvalue weighted by molar-refractivity contribution is -0.384. The number of nitrogens with one attached hydrogen (secondary N) is 1. The molecule has 0 radical (unpaired) electrons. The zero-order chi connectivity index (χ0) is 26.7. The van der Waals surface area contributed by atoms with Gasteiger partial charge in [-0.25, -0.2) is 0 Å². The maximum absolute atomic E-state index is 13.2. The molecular formula is C26H26N4O6. The summed E-state index contributed by atoms with van der Waals surface area (Å²) in [5, 5.41) is 25.9. The predicted molar refractivity (Wildman–Crippen MR) is 137 cm³/mol. The Balaban J connectivity index is 2.01. The van der Waals surface area contributed by atoms with Crippen LogP contribution in [0.4, 0.5) is 22.7 Å². The summed E-state index contributed by atoms with van der Waals surface area (Å²) in [5.74, 6) is -1.09. The summed E-state index contributed by atoms with van der Waals surface area (Å²) in [6, 6.07) is 13.1. The number of carbonyl (C=O) groups is 2. The number of rotatable bonds is 7. The second-order valence-electron chi connectivity index (χ2n) is 8.74. The number of hydrogen-bond donors (Lipinski definition) is 1. The lowest BCUT2D eigenvalue weighted by Crippen LogP contribution is -2.28. The minimum atomic E-state index is -0.719. The summed E-state index contributed by atoms with van der Waals surface area (Å²) in [5.41, 5.74) is 2.12. The van der Waals surface area contributed by atoms with Crippen molar-refractivity contribution in [2.24, 2.45) is 0 Å². The number of non-ortho nitro benzene ring substituents is 1. The fourth-order valence-corrected chi connectivity index (χ4v) is 3.94. The number of nitro groups is 2. The largest absolute Gasteiger partial charge is 0.321 e. The monoisotopic (exact) mass is 490 g/mol. The highest BCUT2D eigenvalue weighted by Crippen LogP contribution is 2.34. The number of carbonyl (C=O) groups excluding carboxylic acids is 2. The van der Waals surface area contributed by atoms with Crippen molar-refractivity contribution in [1.29, 1.82) is 0 Å².